The second-order valence-corrected chi connectivity index (χ2v) is 15.2. The average Bonchev–Trinajstić information content (AvgIpc) is 3.31. The minimum Gasteiger partial charge on any atom is -0.311 e. The van der Waals surface area contributed by atoms with Crippen molar-refractivity contribution in [3.05, 3.63) is 253 Å². The number of para-hydroxylation sites is 2. The summed E-state index contributed by atoms with van der Waals surface area (Å²) in [4.78, 5) is 4.65. The van der Waals surface area contributed by atoms with Crippen molar-refractivity contribution in [1.29, 1.82) is 0 Å². The van der Waals surface area contributed by atoms with E-state index in [9.17, 15) is 0 Å². The fraction of sp³-hybridized carbons (Fsp3) is 0.0345. The molecule has 0 saturated heterocycles. The third kappa shape index (κ3) is 8.32. The highest BCUT2D eigenvalue weighted by Crippen LogP contribution is 2.40. The van der Waals surface area contributed by atoms with Crippen molar-refractivity contribution in [2.45, 2.75) is 13.8 Å². The Labute approximate surface area is 354 Å². The molecule has 0 spiro atoms. The molecule has 0 unspecified atom stereocenters. The van der Waals surface area contributed by atoms with Crippen molar-refractivity contribution in [3.63, 3.8) is 0 Å². The van der Waals surface area contributed by atoms with Crippen molar-refractivity contribution >= 4 is 46.3 Å². The number of hydrogen-bond acceptors (Lipinski definition) is 2. The van der Waals surface area contributed by atoms with Crippen LogP contribution in [0.1, 0.15) is 22.3 Å². The van der Waals surface area contributed by atoms with Crippen LogP contribution < -0.4 is 9.80 Å². The highest BCUT2D eigenvalue weighted by molar-refractivity contribution is 5.84. The molecule has 2 heteroatoms. The SMILES string of the molecule is Cc1cc(N(c2ccc(-c3ccccc3)cc2)c2ccc(-c3ccccc3)cc2)cc(C)c1-c1ccc(/C=C\c2ccc(N(c3ccccc3)c3ccccc3)cc2)cc1. The summed E-state index contributed by atoms with van der Waals surface area (Å²) < 4.78 is 0. The number of aryl methyl sites for hydroxylation is 2. The number of nitrogens with zero attached hydrogens (tertiary/aromatic N) is 2. The molecule has 9 aromatic carbocycles. The number of anilines is 6. The summed E-state index contributed by atoms with van der Waals surface area (Å²) in [6.45, 7) is 4.46. The minimum absolute atomic E-state index is 1.11. The zero-order chi connectivity index (χ0) is 40.7. The van der Waals surface area contributed by atoms with E-state index in [1.807, 2.05) is 0 Å². The van der Waals surface area contributed by atoms with Crippen LogP contribution >= 0.6 is 0 Å². The average molecular weight is 771 g/mol. The van der Waals surface area contributed by atoms with Gasteiger partial charge in [-0.25, -0.2) is 0 Å². The third-order valence-corrected chi connectivity index (χ3v) is 11.1. The maximum absolute atomic E-state index is 2.37. The van der Waals surface area contributed by atoms with Gasteiger partial charge >= 0.3 is 0 Å². The standard InChI is InChI=1S/C58H46N2/c1-43-41-57(60(55-37-31-49(32-38-55)47-15-7-3-8-16-47)56-39-33-50(34-40-56)48-17-9-4-10-18-48)42-44(2)58(43)51-29-25-45(26-30-51)23-24-46-27-35-54(36-28-46)59(52-19-11-5-12-20-52)53-21-13-6-14-22-53/h3-42H,1-2H3/b24-23-. The lowest BCUT2D eigenvalue weighted by Gasteiger charge is -2.27. The Morgan fingerprint density at radius 1 is 0.267 bits per heavy atom. The molecule has 0 saturated carbocycles. The summed E-state index contributed by atoms with van der Waals surface area (Å²) >= 11 is 0. The van der Waals surface area contributed by atoms with Crippen LogP contribution in [0.25, 0.3) is 45.5 Å². The van der Waals surface area contributed by atoms with Crippen LogP contribution in [-0.2, 0) is 0 Å². The van der Waals surface area contributed by atoms with E-state index in [-0.39, 0.29) is 0 Å². The van der Waals surface area contributed by atoms with Gasteiger partial charge in [-0.3, -0.25) is 0 Å². The summed E-state index contributed by atoms with van der Waals surface area (Å²) in [7, 11) is 0. The first-order valence-electron chi connectivity index (χ1n) is 20.6. The normalized spacial score (nSPS) is 11.1. The lowest BCUT2D eigenvalue weighted by molar-refractivity contribution is 1.25. The Morgan fingerprint density at radius 2 is 0.550 bits per heavy atom. The predicted octanol–water partition coefficient (Wildman–Crippen LogP) is 16.4. The molecule has 0 bridgehead atoms. The first kappa shape index (κ1) is 37.9. The van der Waals surface area contributed by atoms with Crippen LogP contribution in [0.3, 0.4) is 0 Å². The fourth-order valence-corrected chi connectivity index (χ4v) is 8.13. The molecule has 9 rings (SSSR count). The summed E-state index contributed by atoms with van der Waals surface area (Å²) in [5.74, 6) is 0. The van der Waals surface area contributed by atoms with Gasteiger partial charge in [0.25, 0.3) is 0 Å². The summed E-state index contributed by atoms with van der Waals surface area (Å²) in [5.41, 5.74) is 18.8. The molecule has 0 radical (unpaired) electrons. The van der Waals surface area contributed by atoms with Crippen LogP contribution in [0.15, 0.2) is 231 Å². The molecule has 0 aliphatic rings. The molecular formula is C58H46N2. The molecule has 9 aromatic rings. The van der Waals surface area contributed by atoms with Gasteiger partial charge in [-0.1, -0.05) is 170 Å². The van der Waals surface area contributed by atoms with E-state index in [0.29, 0.717) is 0 Å². The number of rotatable bonds is 11. The zero-order valence-electron chi connectivity index (χ0n) is 34.0. The largest absolute Gasteiger partial charge is 0.311 e. The van der Waals surface area contributed by atoms with Crippen molar-refractivity contribution in [2.75, 3.05) is 9.80 Å². The number of benzene rings is 9. The van der Waals surface area contributed by atoms with Crippen LogP contribution in [0.2, 0.25) is 0 Å². The van der Waals surface area contributed by atoms with Gasteiger partial charge in [0.15, 0.2) is 0 Å². The van der Waals surface area contributed by atoms with Crippen molar-refractivity contribution in [2.24, 2.45) is 0 Å². The minimum atomic E-state index is 1.11. The van der Waals surface area contributed by atoms with Gasteiger partial charge in [0.1, 0.15) is 0 Å². The molecule has 0 aromatic heterocycles. The lowest BCUT2D eigenvalue weighted by atomic mass is 9.93. The molecule has 0 heterocycles. The molecule has 0 aliphatic carbocycles. The van der Waals surface area contributed by atoms with Crippen molar-refractivity contribution in [3.8, 4) is 33.4 Å². The molecule has 0 N–H and O–H groups in total. The summed E-state index contributed by atoms with van der Waals surface area (Å²) in [5, 5.41) is 0. The zero-order valence-corrected chi connectivity index (χ0v) is 34.0. The first-order chi connectivity index (χ1) is 29.6. The van der Waals surface area contributed by atoms with Crippen LogP contribution in [0.5, 0.6) is 0 Å². The molecule has 288 valence electrons. The smallest absolute Gasteiger partial charge is 0.0467 e. The molecule has 60 heavy (non-hydrogen) atoms. The topological polar surface area (TPSA) is 6.48 Å². The van der Waals surface area contributed by atoms with Gasteiger partial charge < -0.3 is 9.80 Å². The van der Waals surface area contributed by atoms with Crippen LogP contribution in [0.4, 0.5) is 34.1 Å². The van der Waals surface area contributed by atoms with Gasteiger partial charge in [0.05, 0.1) is 0 Å². The van der Waals surface area contributed by atoms with Gasteiger partial charge in [-0.05, 0) is 142 Å². The van der Waals surface area contributed by atoms with E-state index in [2.05, 4.69) is 266 Å². The highest BCUT2D eigenvalue weighted by atomic mass is 15.1. The Bertz CT molecular complexity index is 2670. The second-order valence-electron chi connectivity index (χ2n) is 15.2. The fourth-order valence-electron chi connectivity index (χ4n) is 8.13. The summed E-state index contributed by atoms with van der Waals surface area (Å²) in [6.07, 6.45) is 4.38. The lowest BCUT2D eigenvalue weighted by Crippen LogP contribution is -2.11. The molecular weight excluding hydrogens is 725 g/mol. The van der Waals surface area contributed by atoms with Gasteiger partial charge in [-0.2, -0.15) is 0 Å². The van der Waals surface area contributed by atoms with Crippen molar-refractivity contribution in [1.82, 2.24) is 0 Å². The Kier molecular flexibility index (Phi) is 11.0. The highest BCUT2D eigenvalue weighted by Gasteiger charge is 2.17. The predicted molar refractivity (Wildman–Crippen MR) is 257 cm³/mol. The van der Waals surface area contributed by atoms with Gasteiger partial charge in [-0.15, -0.1) is 0 Å². The molecule has 0 aliphatic heterocycles. The summed E-state index contributed by atoms with van der Waals surface area (Å²) in [6, 6.07) is 82.3. The van der Waals surface area contributed by atoms with E-state index in [1.54, 1.807) is 0 Å². The first-order valence-corrected chi connectivity index (χ1v) is 20.6. The number of hydrogen-bond donors (Lipinski definition) is 0. The van der Waals surface area contributed by atoms with Crippen LogP contribution in [-0.4, -0.2) is 0 Å². The monoisotopic (exact) mass is 770 g/mol. The van der Waals surface area contributed by atoms with E-state index >= 15 is 0 Å². The van der Waals surface area contributed by atoms with Gasteiger partial charge in [0.2, 0.25) is 0 Å². The maximum Gasteiger partial charge on any atom is 0.0467 e. The quantitative estimate of drug-likeness (QED) is 0.121. The Morgan fingerprint density at radius 3 is 0.950 bits per heavy atom. The molecule has 0 fully saturated rings. The third-order valence-electron chi connectivity index (χ3n) is 11.1. The van der Waals surface area contributed by atoms with E-state index in [0.717, 1.165) is 45.3 Å². The molecule has 2 nitrogen and oxygen atoms in total. The van der Waals surface area contributed by atoms with E-state index in [1.165, 1.54) is 44.5 Å². The van der Waals surface area contributed by atoms with Crippen molar-refractivity contribution < 1.29 is 0 Å². The molecule has 0 amide bonds. The molecule has 0 atom stereocenters. The van der Waals surface area contributed by atoms with Gasteiger partial charge in [0, 0.05) is 34.1 Å². The maximum atomic E-state index is 2.37. The Hall–Kier alpha value is -7.68. The van der Waals surface area contributed by atoms with E-state index in [4.69, 9.17) is 0 Å². The Balaban J connectivity index is 0.970. The van der Waals surface area contributed by atoms with E-state index < -0.39 is 0 Å². The van der Waals surface area contributed by atoms with Crippen LogP contribution in [0, 0.1) is 13.8 Å². The second kappa shape index (κ2) is 17.4.